The molecule has 0 spiro atoms. The van der Waals surface area contributed by atoms with Crippen LogP contribution in [0.25, 0.3) is 0 Å². The van der Waals surface area contributed by atoms with Crippen LogP contribution in [0.3, 0.4) is 0 Å². The lowest BCUT2D eigenvalue weighted by atomic mass is 10.2. The van der Waals surface area contributed by atoms with Gasteiger partial charge in [-0.25, -0.2) is 19.5 Å². The van der Waals surface area contributed by atoms with Gasteiger partial charge in [-0.3, -0.25) is 4.79 Å². The zero-order valence-corrected chi connectivity index (χ0v) is 15.8. The van der Waals surface area contributed by atoms with Crippen molar-refractivity contribution >= 4 is 34.6 Å². The van der Waals surface area contributed by atoms with E-state index in [-0.39, 0.29) is 12.6 Å². The van der Waals surface area contributed by atoms with Crippen molar-refractivity contribution < 1.29 is 24.2 Å². The number of fused-ring (bicyclic) bond motifs is 1. The van der Waals surface area contributed by atoms with Gasteiger partial charge in [0.05, 0.1) is 5.69 Å². The average molecular weight is 382 g/mol. The summed E-state index contributed by atoms with van der Waals surface area (Å²) in [6, 6.07) is 0. The van der Waals surface area contributed by atoms with Crippen LogP contribution in [0.4, 0.5) is 14.7 Å². The Labute approximate surface area is 155 Å². The van der Waals surface area contributed by atoms with Gasteiger partial charge >= 0.3 is 12.2 Å². The number of hydrogen-bond acceptors (Lipinski definition) is 7. The number of thiazole rings is 1. The first kappa shape index (κ1) is 18.4. The molecule has 3 rings (SSSR count). The number of amides is 3. The molecule has 1 aromatic rings. The van der Waals surface area contributed by atoms with E-state index < -0.39 is 17.6 Å². The van der Waals surface area contributed by atoms with Crippen LogP contribution in [0.2, 0.25) is 0 Å². The fourth-order valence-electron chi connectivity index (χ4n) is 2.84. The summed E-state index contributed by atoms with van der Waals surface area (Å²) in [5.41, 5.74) is 0.126. The third-order valence-corrected chi connectivity index (χ3v) is 5.28. The molecule has 0 aromatic carbocycles. The highest BCUT2D eigenvalue weighted by Gasteiger charge is 2.34. The Kier molecular flexibility index (Phi) is 4.78. The quantitative estimate of drug-likeness (QED) is 0.791. The lowest BCUT2D eigenvalue weighted by Gasteiger charge is -2.35. The Morgan fingerprint density at radius 3 is 2.38 bits per heavy atom. The van der Waals surface area contributed by atoms with Crippen molar-refractivity contribution in [2.45, 2.75) is 32.8 Å². The summed E-state index contributed by atoms with van der Waals surface area (Å²) >= 11 is 1.22. The molecule has 1 fully saturated rings. The van der Waals surface area contributed by atoms with Crippen LogP contribution in [0.15, 0.2) is 0 Å². The van der Waals surface area contributed by atoms with Crippen molar-refractivity contribution in [1.82, 2.24) is 14.8 Å². The number of carbonyl (C=O) groups is 3. The van der Waals surface area contributed by atoms with Gasteiger partial charge in [0.15, 0.2) is 5.13 Å². The van der Waals surface area contributed by atoms with Gasteiger partial charge in [-0.1, -0.05) is 11.3 Å². The zero-order chi connectivity index (χ0) is 19.1. The van der Waals surface area contributed by atoms with Crippen LogP contribution < -0.4 is 4.90 Å². The first-order valence-electron chi connectivity index (χ1n) is 8.43. The number of nitrogens with zero attached hydrogens (tertiary/aromatic N) is 4. The van der Waals surface area contributed by atoms with Crippen LogP contribution in [0, 0.1) is 0 Å². The molecule has 0 aliphatic carbocycles. The van der Waals surface area contributed by atoms with Crippen molar-refractivity contribution in [3.8, 4) is 0 Å². The summed E-state index contributed by atoms with van der Waals surface area (Å²) in [4.78, 5) is 44.9. The predicted octanol–water partition coefficient (Wildman–Crippen LogP) is 1.88. The largest absolute Gasteiger partial charge is 0.465 e. The van der Waals surface area contributed by atoms with E-state index in [1.54, 1.807) is 4.90 Å². The number of ether oxygens (including phenoxy) is 1. The lowest BCUT2D eigenvalue weighted by Crippen LogP contribution is -2.50. The van der Waals surface area contributed by atoms with E-state index in [1.165, 1.54) is 11.3 Å². The molecule has 0 unspecified atom stereocenters. The summed E-state index contributed by atoms with van der Waals surface area (Å²) in [6.45, 7) is 7.82. The zero-order valence-electron chi connectivity index (χ0n) is 15.0. The van der Waals surface area contributed by atoms with E-state index in [0.29, 0.717) is 48.3 Å². The molecule has 2 aliphatic heterocycles. The highest BCUT2D eigenvalue weighted by atomic mass is 32.1. The van der Waals surface area contributed by atoms with Gasteiger partial charge < -0.3 is 19.6 Å². The normalized spacial score (nSPS) is 18.0. The SMILES string of the molecule is CC(C)(C)OC(=O)N1CCN(c2nc3c(s2)C(=O)N(C(=O)O)CC3)CC1. The molecular formula is C16H22N4O5S. The number of aromatic nitrogens is 1. The van der Waals surface area contributed by atoms with Crippen molar-refractivity contribution in [3.63, 3.8) is 0 Å². The minimum Gasteiger partial charge on any atom is -0.465 e. The van der Waals surface area contributed by atoms with Gasteiger partial charge in [-0.2, -0.15) is 0 Å². The molecular weight excluding hydrogens is 360 g/mol. The van der Waals surface area contributed by atoms with Gasteiger partial charge in [-0.15, -0.1) is 0 Å². The van der Waals surface area contributed by atoms with E-state index in [9.17, 15) is 14.4 Å². The standard InChI is InChI=1S/C16H22N4O5S/c1-16(2,3)25-15(24)19-8-6-18(7-9-19)13-17-10-4-5-20(14(22)23)12(21)11(10)26-13/h4-9H2,1-3H3,(H,22,23). The number of anilines is 1. The molecule has 1 saturated heterocycles. The molecule has 1 N–H and O–H groups in total. The molecule has 2 aliphatic rings. The fraction of sp³-hybridized carbons (Fsp3) is 0.625. The second kappa shape index (κ2) is 6.75. The molecule has 3 amide bonds. The molecule has 1 aromatic heterocycles. The van der Waals surface area contributed by atoms with Crippen LogP contribution in [-0.2, 0) is 11.2 Å². The molecule has 0 saturated carbocycles. The Bertz CT molecular complexity index is 733. The number of carboxylic acid groups (broad SMARTS) is 1. The van der Waals surface area contributed by atoms with Crippen LogP contribution in [0.5, 0.6) is 0 Å². The molecule has 9 nitrogen and oxygen atoms in total. The number of rotatable bonds is 1. The van der Waals surface area contributed by atoms with Gasteiger partial charge in [-0.05, 0) is 20.8 Å². The number of carbonyl (C=O) groups excluding carboxylic acids is 2. The number of piperazine rings is 1. The van der Waals surface area contributed by atoms with Gasteiger partial charge in [0.1, 0.15) is 10.5 Å². The fourth-order valence-corrected chi connectivity index (χ4v) is 3.96. The summed E-state index contributed by atoms with van der Waals surface area (Å²) in [7, 11) is 0. The predicted molar refractivity (Wildman–Crippen MR) is 94.9 cm³/mol. The van der Waals surface area contributed by atoms with E-state index in [4.69, 9.17) is 9.84 Å². The summed E-state index contributed by atoms with van der Waals surface area (Å²) in [5.74, 6) is -0.505. The highest BCUT2D eigenvalue weighted by Crippen LogP contribution is 2.31. The monoisotopic (exact) mass is 382 g/mol. The summed E-state index contributed by atoms with van der Waals surface area (Å²) < 4.78 is 5.38. The average Bonchev–Trinajstić information content (AvgIpc) is 2.98. The van der Waals surface area contributed by atoms with E-state index in [0.717, 1.165) is 4.90 Å². The topological polar surface area (TPSA) is 103 Å². The maximum Gasteiger partial charge on any atom is 0.414 e. The van der Waals surface area contributed by atoms with Crippen LogP contribution >= 0.6 is 11.3 Å². The van der Waals surface area contributed by atoms with E-state index in [2.05, 4.69) is 4.98 Å². The van der Waals surface area contributed by atoms with Crippen molar-refractivity contribution in [3.05, 3.63) is 10.6 Å². The van der Waals surface area contributed by atoms with Crippen molar-refractivity contribution in [2.24, 2.45) is 0 Å². The summed E-state index contributed by atoms with van der Waals surface area (Å²) in [5, 5.41) is 9.77. The molecule has 0 radical (unpaired) electrons. The van der Waals surface area contributed by atoms with Crippen LogP contribution in [-0.4, -0.2) is 76.3 Å². The molecule has 0 bridgehead atoms. The van der Waals surface area contributed by atoms with Gasteiger partial charge in [0.2, 0.25) is 0 Å². The maximum absolute atomic E-state index is 12.3. The Balaban J connectivity index is 1.65. The molecule has 3 heterocycles. The smallest absolute Gasteiger partial charge is 0.414 e. The molecule has 142 valence electrons. The van der Waals surface area contributed by atoms with Crippen LogP contribution in [0.1, 0.15) is 36.1 Å². The first-order valence-corrected chi connectivity index (χ1v) is 9.25. The Morgan fingerprint density at radius 1 is 1.15 bits per heavy atom. The number of imide groups is 1. The minimum atomic E-state index is -1.23. The van der Waals surface area contributed by atoms with E-state index >= 15 is 0 Å². The minimum absolute atomic E-state index is 0.136. The lowest BCUT2D eigenvalue weighted by molar-refractivity contribution is 0.0240. The second-order valence-electron chi connectivity index (χ2n) is 7.22. The first-order chi connectivity index (χ1) is 12.2. The highest BCUT2D eigenvalue weighted by molar-refractivity contribution is 7.17. The Morgan fingerprint density at radius 2 is 1.81 bits per heavy atom. The van der Waals surface area contributed by atoms with E-state index in [1.807, 2.05) is 25.7 Å². The van der Waals surface area contributed by atoms with Crippen molar-refractivity contribution in [1.29, 1.82) is 0 Å². The maximum atomic E-state index is 12.3. The summed E-state index contributed by atoms with van der Waals surface area (Å²) in [6.07, 6.45) is -1.13. The van der Waals surface area contributed by atoms with Gasteiger partial charge in [0.25, 0.3) is 5.91 Å². The molecule has 26 heavy (non-hydrogen) atoms. The third-order valence-electron chi connectivity index (χ3n) is 4.13. The van der Waals surface area contributed by atoms with Gasteiger partial charge in [0, 0.05) is 39.1 Å². The number of hydrogen-bond donors (Lipinski definition) is 1. The third kappa shape index (κ3) is 3.74. The van der Waals surface area contributed by atoms with Crippen molar-refractivity contribution in [2.75, 3.05) is 37.6 Å². The molecule has 0 atom stereocenters. The molecule has 10 heteroatoms. The Hall–Kier alpha value is -2.36. The second-order valence-corrected chi connectivity index (χ2v) is 8.19.